The second-order valence-electron chi connectivity index (χ2n) is 15.1. The predicted molar refractivity (Wildman–Crippen MR) is 211 cm³/mol. The van der Waals surface area contributed by atoms with Crippen LogP contribution in [0.1, 0.15) is 83.3 Å². The lowest BCUT2D eigenvalue weighted by Gasteiger charge is -2.44. The zero-order valence-electron chi connectivity index (χ0n) is 30.3. The number of amides is 1. The van der Waals surface area contributed by atoms with Gasteiger partial charge in [-0.1, -0.05) is 47.5 Å². The van der Waals surface area contributed by atoms with Crippen LogP contribution >= 0.6 is 48.0 Å². The maximum Gasteiger partial charge on any atom is 0.410 e. The van der Waals surface area contributed by atoms with Crippen molar-refractivity contribution in [3.63, 3.8) is 0 Å². The molecule has 0 spiro atoms. The molecule has 2 unspecified atom stereocenters. The topological polar surface area (TPSA) is 82.2 Å². The van der Waals surface area contributed by atoms with Crippen molar-refractivity contribution in [3.05, 3.63) is 69.7 Å². The Hall–Kier alpha value is -1.91. The lowest BCUT2D eigenvalue weighted by Crippen LogP contribution is -2.54. The third-order valence-electron chi connectivity index (χ3n) is 10.3. The average Bonchev–Trinajstić information content (AvgIpc) is 3.08. The third kappa shape index (κ3) is 13.5. The number of halogens is 4. The molecule has 8 nitrogen and oxygen atoms in total. The van der Waals surface area contributed by atoms with Gasteiger partial charge in [0.05, 0.1) is 13.1 Å². The number of ether oxygens (including phenoxy) is 1. The Morgan fingerprint density at radius 1 is 0.706 bits per heavy atom. The molecule has 12 heteroatoms. The van der Waals surface area contributed by atoms with E-state index in [4.69, 9.17) is 27.9 Å². The van der Waals surface area contributed by atoms with Gasteiger partial charge in [0.15, 0.2) is 0 Å². The molecule has 4 aliphatic heterocycles. The number of ketones is 2. The van der Waals surface area contributed by atoms with E-state index in [1.807, 2.05) is 45.0 Å². The van der Waals surface area contributed by atoms with Crippen molar-refractivity contribution in [1.29, 1.82) is 0 Å². The smallest absolute Gasteiger partial charge is 0.410 e. The molecule has 2 atom stereocenters. The zero-order chi connectivity index (χ0) is 35.0. The summed E-state index contributed by atoms with van der Waals surface area (Å²) in [5, 5.41) is 4.94. The van der Waals surface area contributed by atoms with Gasteiger partial charge in [-0.2, -0.15) is 0 Å². The quantitative estimate of drug-likeness (QED) is 0.320. The maximum absolute atomic E-state index is 12.3. The molecule has 1 amide bonds. The van der Waals surface area contributed by atoms with Gasteiger partial charge in [0.25, 0.3) is 0 Å². The molecule has 4 aliphatic rings. The summed E-state index contributed by atoms with van der Waals surface area (Å²) in [7, 11) is 0. The highest BCUT2D eigenvalue weighted by atomic mass is 35.5. The molecule has 0 radical (unpaired) electrons. The van der Waals surface area contributed by atoms with Gasteiger partial charge in [0, 0.05) is 60.1 Å². The van der Waals surface area contributed by atoms with Gasteiger partial charge in [0.2, 0.25) is 0 Å². The van der Waals surface area contributed by atoms with Crippen molar-refractivity contribution < 1.29 is 19.1 Å². The van der Waals surface area contributed by atoms with Crippen LogP contribution in [0.4, 0.5) is 4.79 Å². The Labute approximate surface area is 327 Å². The molecule has 4 saturated heterocycles. The highest BCUT2D eigenvalue weighted by Crippen LogP contribution is 2.28. The predicted octanol–water partition coefficient (Wildman–Crippen LogP) is 7.83. The average molecular weight is 787 g/mol. The summed E-state index contributed by atoms with van der Waals surface area (Å²) in [6.45, 7) is 10.3. The van der Waals surface area contributed by atoms with Gasteiger partial charge in [0.1, 0.15) is 17.2 Å². The molecule has 6 rings (SSSR count). The molecular weight excluding hydrogens is 730 g/mol. The Bertz CT molecular complexity index is 1390. The number of nitrogens with zero attached hydrogens (tertiary/aromatic N) is 3. The molecule has 4 heterocycles. The largest absolute Gasteiger partial charge is 0.444 e. The highest BCUT2D eigenvalue weighted by Gasteiger charge is 2.36. The monoisotopic (exact) mass is 784 g/mol. The summed E-state index contributed by atoms with van der Waals surface area (Å²) in [5.41, 5.74) is 2.09. The van der Waals surface area contributed by atoms with E-state index in [0.717, 1.165) is 80.9 Å². The molecule has 2 aromatic carbocycles. The first kappa shape index (κ1) is 43.5. The second-order valence-corrected chi connectivity index (χ2v) is 16.0. The van der Waals surface area contributed by atoms with Crippen molar-refractivity contribution in [3.8, 4) is 0 Å². The molecule has 4 fully saturated rings. The highest BCUT2D eigenvalue weighted by molar-refractivity contribution is 6.30. The fourth-order valence-electron chi connectivity index (χ4n) is 7.73. The van der Waals surface area contributed by atoms with Crippen molar-refractivity contribution in [1.82, 2.24) is 20.0 Å². The minimum atomic E-state index is -0.475. The van der Waals surface area contributed by atoms with Crippen LogP contribution in [0.25, 0.3) is 0 Å². The van der Waals surface area contributed by atoms with Gasteiger partial charge >= 0.3 is 6.09 Å². The van der Waals surface area contributed by atoms with E-state index >= 15 is 0 Å². The fourth-order valence-corrected chi connectivity index (χ4v) is 7.99. The van der Waals surface area contributed by atoms with E-state index in [1.165, 1.54) is 11.1 Å². The van der Waals surface area contributed by atoms with Crippen molar-refractivity contribution >= 4 is 65.7 Å². The summed E-state index contributed by atoms with van der Waals surface area (Å²) < 4.78 is 5.49. The van der Waals surface area contributed by atoms with E-state index in [2.05, 4.69) is 39.4 Å². The van der Waals surface area contributed by atoms with Crippen LogP contribution < -0.4 is 5.32 Å². The Morgan fingerprint density at radius 2 is 1.12 bits per heavy atom. The number of benzene rings is 2. The summed E-state index contributed by atoms with van der Waals surface area (Å²) >= 11 is 12.0. The number of likely N-dealkylation sites (tertiary alicyclic amines) is 3. The number of hydrogen-bond donors (Lipinski definition) is 1. The SMILES string of the molecule is CC(C)(C)OC(=O)N1CCC(N2CC(=O)CCC2Cc2ccc(Cl)cc2)CC1.Cl.Cl.O=C1CCC(Cc2ccc(Cl)cc2)N(C2CCNCC2)C1. The van der Waals surface area contributed by atoms with Crippen molar-refractivity contribution in [2.75, 3.05) is 39.3 Å². The Morgan fingerprint density at radius 3 is 1.53 bits per heavy atom. The van der Waals surface area contributed by atoms with Crippen LogP contribution in [-0.2, 0) is 27.2 Å². The number of nitrogens with one attached hydrogen (secondary N) is 1. The second kappa shape index (κ2) is 20.5. The van der Waals surface area contributed by atoms with Crippen LogP contribution in [-0.4, -0.2) is 101 Å². The normalized spacial score (nSPS) is 22.6. The standard InChI is InChI=1S/C22H31ClN2O3.C17H23ClN2O.2ClH/c1-22(2,3)28-21(27)24-12-10-18(11-13-24)25-15-20(26)9-8-19(25)14-16-4-6-17(23)7-5-16;18-14-3-1-13(2-4-14)11-16-5-6-17(21)12-20(16)15-7-9-19-10-8-15;;/h4-7,18-19H,8-15H2,1-3H3;1-4,15-16,19H,5-12H2;2*1H. The first-order valence-electron chi connectivity index (χ1n) is 18.2. The molecular formula is C39H56Cl4N4O4. The van der Waals surface area contributed by atoms with E-state index in [9.17, 15) is 14.4 Å². The Balaban J connectivity index is 0.000000274. The maximum atomic E-state index is 12.3. The van der Waals surface area contributed by atoms with E-state index in [1.54, 1.807) is 4.90 Å². The molecule has 1 N–H and O–H groups in total. The molecule has 0 aliphatic carbocycles. The van der Waals surface area contributed by atoms with Crippen molar-refractivity contribution in [2.24, 2.45) is 0 Å². The molecule has 2 aromatic rings. The first-order valence-corrected chi connectivity index (χ1v) is 18.9. The first-order chi connectivity index (χ1) is 23.4. The lowest BCUT2D eigenvalue weighted by molar-refractivity contribution is -0.125. The summed E-state index contributed by atoms with van der Waals surface area (Å²) in [6, 6.07) is 17.9. The van der Waals surface area contributed by atoms with Crippen LogP contribution in [0.5, 0.6) is 0 Å². The third-order valence-corrected chi connectivity index (χ3v) is 10.8. The number of hydrogen-bond acceptors (Lipinski definition) is 7. The molecule has 51 heavy (non-hydrogen) atoms. The van der Waals surface area contributed by atoms with Gasteiger partial charge in [-0.3, -0.25) is 19.4 Å². The van der Waals surface area contributed by atoms with E-state index in [-0.39, 0.29) is 30.9 Å². The number of Topliss-reactive ketones (excluding diaryl/α,β-unsaturated/α-hetero) is 2. The minimum Gasteiger partial charge on any atom is -0.444 e. The van der Waals surface area contributed by atoms with Gasteiger partial charge in [-0.15, -0.1) is 24.8 Å². The van der Waals surface area contributed by atoms with Crippen LogP contribution in [0.3, 0.4) is 0 Å². The van der Waals surface area contributed by atoms with Crippen LogP contribution in [0.15, 0.2) is 48.5 Å². The Kier molecular flexibility index (Phi) is 17.5. The number of piperidine rings is 4. The summed E-state index contributed by atoms with van der Waals surface area (Å²) in [5.74, 6) is 0.725. The molecule has 284 valence electrons. The van der Waals surface area contributed by atoms with Gasteiger partial charge < -0.3 is 15.0 Å². The number of carbonyl (C=O) groups excluding carboxylic acids is 3. The summed E-state index contributed by atoms with van der Waals surface area (Å²) in [4.78, 5) is 43.0. The lowest BCUT2D eigenvalue weighted by atomic mass is 9.91. The molecule has 0 saturated carbocycles. The molecule has 0 bridgehead atoms. The molecule has 0 aromatic heterocycles. The van der Waals surface area contributed by atoms with Crippen LogP contribution in [0.2, 0.25) is 10.0 Å². The summed E-state index contributed by atoms with van der Waals surface area (Å²) in [6.07, 6.45) is 9.07. The van der Waals surface area contributed by atoms with E-state index in [0.29, 0.717) is 68.3 Å². The van der Waals surface area contributed by atoms with E-state index < -0.39 is 5.60 Å². The number of carbonyl (C=O) groups is 3. The van der Waals surface area contributed by atoms with Gasteiger partial charge in [-0.25, -0.2) is 4.79 Å². The van der Waals surface area contributed by atoms with Crippen molar-refractivity contribution in [2.45, 2.75) is 115 Å². The minimum absolute atomic E-state index is 0. The zero-order valence-corrected chi connectivity index (χ0v) is 33.4. The van der Waals surface area contributed by atoms with Crippen LogP contribution in [0, 0.1) is 0 Å². The number of rotatable bonds is 6. The van der Waals surface area contributed by atoms with Gasteiger partial charge in [-0.05, 0) is 121 Å². The fraction of sp³-hybridized carbons (Fsp3) is 0.615.